The van der Waals surface area contributed by atoms with Crippen molar-refractivity contribution in [3.63, 3.8) is 0 Å². The Morgan fingerprint density at radius 3 is 2.44 bits per heavy atom. The lowest BCUT2D eigenvalue weighted by atomic mass is 9.76. The summed E-state index contributed by atoms with van der Waals surface area (Å²) in [6, 6.07) is 7.23. The largest absolute Gasteiger partial charge is 0.484 e. The highest BCUT2D eigenvalue weighted by atomic mass is 35.5. The van der Waals surface area contributed by atoms with E-state index >= 15 is 0 Å². The summed E-state index contributed by atoms with van der Waals surface area (Å²) in [5.41, 5.74) is -0.865. The lowest BCUT2D eigenvalue weighted by Gasteiger charge is -2.41. The summed E-state index contributed by atoms with van der Waals surface area (Å²) in [5, 5.41) is 5.64. The zero-order valence-electron chi connectivity index (χ0n) is 22.0. The topological polar surface area (TPSA) is 97.0 Å². The average Bonchev–Trinajstić information content (AvgIpc) is 3.41. The predicted molar refractivity (Wildman–Crippen MR) is 141 cm³/mol. The van der Waals surface area contributed by atoms with Crippen LogP contribution in [-0.4, -0.2) is 60.7 Å². The Balaban J connectivity index is 1.20. The molecule has 43 heavy (non-hydrogen) atoms. The Morgan fingerprint density at radius 1 is 1.05 bits per heavy atom. The van der Waals surface area contributed by atoms with E-state index in [1.165, 1.54) is 30.3 Å². The Hall–Kier alpha value is -3.39. The second kappa shape index (κ2) is 11.3. The van der Waals surface area contributed by atoms with Crippen LogP contribution in [0.15, 0.2) is 36.4 Å². The minimum absolute atomic E-state index is 0.0371. The molecule has 16 heteroatoms. The highest BCUT2D eigenvalue weighted by molar-refractivity contribution is 6.31. The molecular weight excluding hydrogens is 631 g/mol. The fourth-order valence-corrected chi connectivity index (χ4v) is 5.91. The van der Waals surface area contributed by atoms with Gasteiger partial charge in [0.05, 0.1) is 17.3 Å². The van der Waals surface area contributed by atoms with E-state index in [0.717, 1.165) is 6.07 Å². The Bertz CT molecular complexity index is 1450. The smallest absolute Gasteiger partial charge is 0.453 e. The molecule has 1 heterocycles. The predicted octanol–water partition coefficient (Wildman–Crippen LogP) is 5.05. The van der Waals surface area contributed by atoms with Gasteiger partial charge in [0, 0.05) is 22.7 Å². The third kappa shape index (κ3) is 6.44. The molecule has 0 radical (unpaired) electrons. The molecule has 3 saturated carbocycles. The lowest BCUT2D eigenvalue weighted by Crippen LogP contribution is -2.59. The van der Waals surface area contributed by atoms with E-state index in [1.807, 2.05) is 0 Å². The molecule has 3 amide bonds. The number of hydrogen-bond acceptors (Lipinski definition) is 5. The van der Waals surface area contributed by atoms with Crippen molar-refractivity contribution in [1.29, 1.82) is 0 Å². The van der Waals surface area contributed by atoms with Crippen molar-refractivity contribution in [3.8, 4) is 11.5 Å². The number of halogens is 8. The van der Waals surface area contributed by atoms with Crippen molar-refractivity contribution >= 4 is 46.6 Å². The van der Waals surface area contributed by atoms with Gasteiger partial charge in [-0.3, -0.25) is 14.4 Å². The summed E-state index contributed by atoms with van der Waals surface area (Å²) in [5.74, 6) is -8.68. The van der Waals surface area contributed by atoms with Crippen molar-refractivity contribution in [3.05, 3.63) is 52.3 Å². The molecule has 2 atom stereocenters. The number of hydrogen-bond donors (Lipinski definition) is 2. The zero-order chi connectivity index (χ0) is 31.3. The number of ether oxygens (including phenoxy) is 2. The maximum atomic E-state index is 13.7. The molecule has 2 aromatic rings. The maximum Gasteiger partial charge on any atom is 0.453 e. The van der Waals surface area contributed by atoms with Crippen LogP contribution in [0.25, 0.3) is 0 Å². The first-order valence-corrected chi connectivity index (χ1v) is 13.7. The maximum absolute atomic E-state index is 13.7. The summed E-state index contributed by atoms with van der Waals surface area (Å²) in [6.07, 6.45) is -8.17. The van der Waals surface area contributed by atoms with Crippen LogP contribution in [-0.2, 0) is 14.4 Å². The molecular formula is C27H23Cl2F6N3O5. The Labute approximate surface area is 250 Å². The van der Waals surface area contributed by atoms with Gasteiger partial charge in [-0.25, -0.2) is 4.39 Å². The average molecular weight is 654 g/mol. The highest BCUT2D eigenvalue weighted by Crippen LogP contribution is 2.52. The van der Waals surface area contributed by atoms with Gasteiger partial charge in [-0.1, -0.05) is 23.2 Å². The van der Waals surface area contributed by atoms with E-state index in [9.17, 15) is 40.7 Å². The first kappa shape index (κ1) is 31.0. The van der Waals surface area contributed by atoms with E-state index in [-0.39, 0.29) is 45.8 Å². The fraction of sp³-hybridized carbons (Fsp3) is 0.444. The summed E-state index contributed by atoms with van der Waals surface area (Å²) in [7, 11) is 0. The molecule has 232 valence electrons. The van der Waals surface area contributed by atoms with E-state index in [4.69, 9.17) is 32.7 Å². The van der Waals surface area contributed by atoms with Gasteiger partial charge < -0.3 is 25.0 Å². The number of anilines is 1. The standard InChI is InChI=1S/C27H23Cl2F6N3O5/c28-14-1-4-20-19(5-14)38(23(40)10-26(31,32)27(33,34)35)11-21(43-20)24(41)37-25-7-13(8-25)18(9-25)36-22(39)12-42-15-2-3-16(29)17(30)6-15/h1-6,13,18,21H,7-12H2,(H,36,39)(H,37,41)/t13?,18-,21?,25?/m0/s1. The Morgan fingerprint density at radius 2 is 1.77 bits per heavy atom. The quantitative estimate of drug-likeness (QED) is 0.389. The van der Waals surface area contributed by atoms with Crippen LogP contribution >= 0.6 is 23.2 Å². The molecule has 6 rings (SSSR count). The Kier molecular flexibility index (Phi) is 8.14. The van der Waals surface area contributed by atoms with Crippen molar-refractivity contribution in [1.82, 2.24) is 10.6 Å². The molecule has 2 bridgehead atoms. The van der Waals surface area contributed by atoms with Gasteiger partial charge in [-0.05, 0) is 55.5 Å². The fourth-order valence-electron chi connectivity index (χ4n) is 5.62. The van der Waals surface area contributed by atoms with E-state index in [2.05, 4.69) is 10.6 Å². The molecule has 0 aromatic heterocycles. The minimum atomic E-state index is -5.95. The molecule has 4 aliphatic rings. The van der Waals surface area contributed by atoms with Gasteiger partial charge in [0.25, 0.3) is 11.8 Å². The van der Waals surface area contributed by atoms with Gasteiger partial charge in [0.2, 0.25) is 5.91 Å². The molecule has 0 spiro atoms. The number of nitrogens with one attached hydrogen (secondary N) is 2. The molecule has 0 saturated heterocycles. The van der Waals surface area contributed by atoms with Crippen LogP contribution < -0.4 is 25.0 Å². The van der Waals surface area contributed by atoms with Crippen molar-refractivity contribution in [2.45, 2.75) is 55.5 Å². The first-order chi connectivity index (χ1) is 20.1. The van der Waals surface area contributed by atoms with E-state index in [1.54, 1.807) is 0 Å². The van der Waals surface area contributed by atoms with Gasteiger partial charge in [0.1, 0.15) is 23.7 Å². The van der Waals surface area contributed by atoms with E-state index in [0.29, 0.717) is 24.2 Å². The monoisotopic (exact) mass is 653 g/mol. The molecule has 3 aliphatic carbocycles. The lowest BCUT2D eigenvalue weighted by molar-refractivity contribution is -0.281. The van der Waals surface area contributed by atoms with Gasteiger partial charge >= 0.3 is 12.1 Å². The molecule has 2 aromatic carbocycles. The van der Waals surface area contributed by atoms with Crippen molar-refractivity contribution in [2.75, 3.05) is 18.1 Å². The number of carbonyl (C=O) groups excluding carboxylic acids is 3. The van der Waals surface area contributed by atoms with Crippen molar-refractivity contribution in [2.24, 2.45) is 5.92 Å². The minimum Gasteiger partial charge on any atom is -0.484 e. The SMILES string of the molecule is O=C(COc1ccc(Cl)c(F)c1)N[C@H]1CC2(NC(=O)C3CN(C(=O)CC(F)(F)C(F)(F)F)c4cc(Cl)ccc4O3)CC1C2. The number of amides is 3. The number of alkyl halides is 5. The van der Waals surface area contributed by atoms with Crippen LogP contribution in [0, 0.1) is 11.7 Å². The van der Waals surface area contributed by atoms with Crippen LogP contribution in [0.2, 0.25) is 10.0 Å². The van der Waals surface area contributed by atoms with Crippen molar-refractivity contribution < 1.29 is 50.2 Å². The zero-order valence-corrected chi connectivity index (χ0v) is 23.5. The van der Waals surface area contributed by atoms with Gasteiger partial charge in [0.15, 0.2) is 12.7 Å². The second-order valence-electron chi connectivity index (χ2n) is 10.8. The normalized spacial score (nSPS) is 24.4. The van der Waals surface area contributed by atoms with Gasteiger partial charge in [-0.2, -0.15) is 22.0 Å². The summed E-state index contributed by atoms with van der Waals surface area (Å²) < 4.78 is 90.3. The van der Waals surface area contributed by atoms with Crippen LogP contribution in [0.5, 0.6) is 11.5 Å². The number of fused-ring (bicyclic) bond motifs is 2. The van der Waals surface area contributed by atoms with Crippen LogP contribution in [0.3, 0.4) is 0 Å². The van der Waals surface area contributed by atoms with Crippen LogP contribution in [0.4, 0.5) is 32.0 Å². The third-order valence-corrected chi connectivity index (χ3v) is 8.23. The highest BCUT2D eigenvalue weighted by Gasteiger charge is 2.60. The third-order valence-electron chi connectivity index (χ3n) is 7.69. The number of benzene rings is 2. The summed E-state index contributed by atoms with van der Waals surface area (Å²) in [6.45, 7) is -1.02. The summed E-state index contributed by atoms with van der Waals surface area (Å²) >= 11 is 11.6. The molecule has 1 unspecified atom stereocenters. The molecule has 1 aliphatic heterocycles. The van der Waals surface area contributed by atoms with E-state index < -0.39 is 60.2 Å². The number of rotatable bonds is 8. The summed E-state index contributed by atoms with van der Waals surface area (Å²) in [4.78, 5) is 39.0. The second-order valence-corrected chi connectivity index (χ2v) is 11.6. The van der Waals surface area contributed by atoms with Gasteiger partial charge in [-0.15, -0.1) is 0 Å². The first-order valence-electron chi connectivity index (χ1n) is 13.0. The molecule has 8 nitrogen and oxygen atoms in total. The molecule has 3 fully saturated rings. The number of carbonyl (C=O) groups is 3. The van der Waals surface area contributed by atoms with Crippen LogP contribution in [0.1, 0.15) is 25.7 Å². The molecule has 2 N–H and O–H groups in total. The number of nitrogens with zero attached hydrogens (tertiary/aromatic N) is 1.